The largest absolute Gasteiger partial charge is 0.331 e. The molecule has 0 bridgehead atoms. The monoisotopic (exact) mass is 272 g/mol. The Morgan fingerprint density at radius 1 is 1.11 bits per heavy atom. The molecule has 0 saturated carbocycles. The van der Waals surface area contributed by atoms with Crippen molar-refractivity contribution < 1.29 is 4.39 Å². The van der Waals surface area contributed by atoms with Gasteiger partial charge >= 0.3 is 0 Å². The van der Waals surface area contributed by atoms with Crippen LogP contribution >= 0.6 is 12.2 Å². The van der Waals surface area contributed by atoms with E-state index in [1.807, 2.05) is 22.8 Å². The quantitative estimate of drug-likeness (QED) is 0.712. The Kier molecular flexibility index (Phi) is 3.17. The Balaban J connectivity index is 1.94. The normalized spacial score (nSPS) is 11.0. The van der Waals surface area contributed by atoms with Gasteiger partial charge in [0.15, 0.2) is 4.77 Å². The fourth-order valence-electron chi connectivity index (χ4n) is 2.23. The van der Waals surface area contributed by atoms with Gasteiger partial charge in [0.2, 0.25) is 0 Å². The number of nitrogens with one attached hydrogen (secondary N) is 1. The summed E-state index contributed by atoms with van der Waals surface area (Å²) in [5, 5.41) is 0. The Hall–Kier alpha value is -1.94. The van der Waals surface area contributed by atoms with Crippen molar-refractivity contribution in [2.45, 2.75) is 13.0 Å². The third-order valence-corrected chi connectivity index (χ3v) is 3.53. The molecule has 1 aromatic heterocycles. The molecule has 0 aliphatic carbocycles. The number of nitrogens with zero attached hydrogens (tertiary/aromatic N) is 1. The summed E-state index contributed by atoms with van der Waals surface area (Å²) in [4.78, 5) is 3.10. The summed E-state index contributed by atoms with van der Waals surface area (Å²) in [6.45, 7) is 0.742. The molecule has 2 aromatic carbocycles. The molecule has 0 atom stereocenters. The number of benzene rings is 2. The second-order valence-corrected chi connectivity index (χ2v) is 4.87. The summed E-state index contributed by atoms with van der Waals surface area (Å²) in [5.41, 5.74) is 2.94. The number of fused-ring (bicyclic) bond motifs is 1. The van der Waals surface area contributed by atoms with Crippen molar-refractivity contribution in [1.29, 1.82) is 0 Å². The number of aryl methyl sites for hydroxylation is 2. The van der Waals surface area contributed by atoms with Gasteiger partial charge in [0.25, 0.3) is 0 Å². The van der Waals surface area contributed by atoms with E-state index in [9.17, 15) is 4.39 Å². The number of hydrogen-bond donors (Lipinski definition) is 1. The van der Waals surface area contributed by atoms with Gasteiger partial charge in [-0.2, -0.15) is 0 Å². The highest BCUT2D eigenvalue weighted by Crippen LogP contribution is 2.16. The average Bonchev–Trinajstić information content (AvgIpc) is 2.73. The third kappa shape index (κ3) is 2.44. The number of hydrogen-bond acceptors (Lipinski definition) is 1. The van der Waals surface area contributed by atoms with Gasteiger partial charge in [0.1, 0.15) is 5.82 Å². The second kappa shape index (κ2) is 4.97. The molecule has 0 spiro atoms. The van der Waals surface area contributed by atoms with E-state index in [2.05, 4.69) is 17.1 Å². The Morgan fingerprint density at radius 3 is 2.68 bits per heavy atom. The van der Waals surface area contributed by atoms with Crippen LogP contribution in [0.2, 0.25) is 0 Å². The Bertz CT molecular complexity index is 759. The summed E-state index contributed by atoms with van der Waals surface area (Å²) in [7, 11) is 0. The molecule has 1 heterocycles. The van der Waals surface area contributed by atoms with Gasteiger partial charge in [-0.05, 0) is 42.4 Å². The van der Waals surface area contributed by atoms with Crippen molar-refractivity contribution in [1.82, 2.24) is 9.55 Å². The number of halogens is 1. The molecule has 1 N–H and O–H groups in total. The van der Waals surface area contributed by atoms with Gasteiger partial charge in [0, 0.05) is 6.54 Å². The highest BCUT2D eigenvalue weighted by Gasteiger charge is 2.05. The minimum atomic E-state index is -0.241. The van der Waals surface area contributed by atoms with Gasteiger partial charge < -0.3 is 9.55 Å². The van der Waals surface area contributed by atoms with E-state index in [0.717, 1.165) is 24.0 Å². The molecule has 3 aromatic rings. The maximum Gasteiger partial charge on any atom is 0.178 e. The van der Waals surface area contributed by atoms with Crippen LogP contribution in [-0.4, -0.2) is 9.55 Å². The molecule has 0 fully saturated rings. The summed E-state index contributed by atoms with van der Waals surface area (Å²) < 4.78 is 15.9. The molecule has 4 heteroatoms. The van der Waals surface area contributed by atoms with Crippen LogP contribution in [-0.2, 0) is 13.0 Å². The van der Waals surface area contributed by atoms with Crippen molar-refractivity contribution in [2.75, 3.05) is 0 Å². The van der Waals surface area contributed by atoms with Crippen molar-refractivity contribution in [3.05, 3.63) is 64.7 Å². The molecule has 0 saturated heterocycles. The first-order valence-electron chi connectivity index (χ1n) is 6.16. The van der Waals surface area contributed by atoms with Crippen LogP contribution in [0.5, 0.6) is 0 Å². The minimum absolute atomic E-state index is 0.241. The number of rotatable bonds is 3. The lowest BCUT2D eigenvalue weighted by Gasteiger charge is -2.04. The van der Waals surface area contributed by atoms with Crippen LogP contribution in [0, 0.1) is 10.6 Å². The lowest BCUT2D eigenvalue weighted by atomic mass is 10.1. The molecule has 0 amide bonds. The molecule has 96 valence electrons. The van der Waals surface area contributed by atoms with E-state index in [1.54, 1.807) is 6.07 Å². The van der Waals surface area contributed by atoms with Crippen LogP contribution in [0.4, 0.5) is 4.39 Å². The summed E-state index contributed by atoms with van der Waals surface area (Å²) >= 11 is 5.30. The van der Waals surface area contributed by atoms with Gasteiger partial charge in [-0.15, -0.1) is 0 Å². The van der Waals surface area contributed by atoms with Crippen LogP contribution in [0.1, 0.15) is 5.56 Å². The molecular formula is C15H13FN2S. The lowest BCUT2D eigenvalue weighted by Crippen LogP contribution is -2.01. The standard InChI is InChI=1S/C15H13FN2S/c16-12-6-7-13-14(10-12)18(15(19)17-13)9-8-11-4-2-1-3-5-11/h1-7,10H,8-9H2,(H,17,19). The molecule has 19 heavy (non-hydrogen) atoms. The van der Waals surface area contributed by atoms with Crippen LogP contribution in [0.25, 0.3) is 11.0 Å². The van der Waals surface area contributed by atoms with E-state index >= 15 is 0 Å². The third-order valence-electron chi connectivity index (χ3n) is 3.20. The zero-order valence-electron chi connectivity index (χ0n) is 10.3. The minimum Gasteiger partial charge on any atom is -0.331 e. The molecule has 0 unspecified atom stereocenters. The predicted octanol–water partition coefficient (Wildman–Crippen LogP) is 4.08. The zero-order valence-corrected chi connectivity index (χ0v) is 11.1. The van der Waals surface area contributed by atoms with E-state index in [0.29, 0.717) is 4.77 Å². The predicted molar refractivity (Wildman–Crippen MR) is 77.2 cm³/mol. The molecule has 0 aliphatic heterocycles. The summed E-state index contributed by atoms with van der Waals surface area (Å²) in [6, 6.07) is 14.9. The maximum absolute atomic E-state index is 13.3. The smallest absolute Gasteiger partial charge is 0.178 e. The van der Waals surface area contributed by atoms with Crippen LogP contribution in [0.15, 0.2) is 48.5 Å². The number of imidazole rings is 1. The Labute approximate surface area is 115 Å². The van der Waals surface area contributed by atoms with E-state index in [-0.39, 0.29) is 5.82 Å². The first-order chi connectivity index (χ1) is 9.24. The van der Waals surface area contributed by atoms with Gasteiger partial charge in [-0.1, -0.05) is 30.3 Å². The van der Waals surface area contributed by atoms with Crippen LogP contribution in [0.3, 0.4) is 0 Å². The van der Waals surface area contributed by atoms with Gasteiger partial charge in [-0.25, -0.2) is 4.39 Å². The van der Waals surface area contributed by atoms with Crippen molar-refractivity contribution in [3.8, 4) is 0 Å². The van der Waals surface area contributed by atoms with Crippen molar-refractivity contribution in [3.63, 3.8) is 0 Å². The first kappa shape index (κ1) is 12.1. The summed E-state index contributed by atoms with van der Waals surface area (Å²) in [5.74, 6) is -0.241. The molecule has 0 radical (unpaired) electrons. The second-order valence-electron chi connectivity index (χ2n) is 4.48. The number of H-pyrrole nitrogens is 1. The Morgan fingerprint density at radius 2 is 1.89 bits per heavy atom. The van der Waals surface area contributed by atoms with Crippen molar-refractivity contribution >= 4 is 23.3 Å². The average molecular weight is 272 g/mol. The fraction of sp³-hybridized carbons (Fsp3) is 0.133. The highest BCUT2D eigenvalue weighted by atomic mass is 32.1. The molecule has 0 aliphatic rings. The molecule has 3 rings (SSSR count). The summed E-state index contributed by atoms with van der Waals surface area (Å²) in [6.07, 6.45) is 0.874. The number of aromatic amines is 1. The molecule has 2 nitrogen and oxygen atoms in total. The van der Waals surface area contributed by atoms with Gasteiger partial charge in [-0.3, -0.25) is 0 Å². The van der Waals surface area contributed by atoms with Gasteiger partial charge in [0.05, 0.1) is 11.0 Å². The van der Waals surface area contributed by atoms with E-state index < -0.39 is 0 Å². The molecular weight excluding hydrogens is 259 g/mol. The van der Waals surface area contributed by atoms with E-state index in [1.165, 1.54) is 17.7 Å². The van der Waals surface area contributed by atoms with E-state index in [4.69, 9.17) is 12.2 Å². The van der Waals surface area contributed by atoms with Crippen LogP contribution < -0.4 is 0 Å². The SMILES string of the molecule is Fc1ccc2[nH]c(=S)n(CCc3ccccc3)c2c1. The van der Waals surface area contributed by atoms with Crippen molar-refractivity contribution in [2.24, 2.45) is 0 Å². The topological polar surface area (TPSA) is 20.7 Å². The zero-order chi connectivity index (χ0) is 13.2. The fourth-order valence-corrected chi connectivity index (χ4v) is 2.53. The lowest BCUT2D eigenvalue weighted by molar-refractivity contribution is 0.627. The maximum atomic E-state index is 13.3. The first-order valence-corrected chi connectivity index (χ1v) is 6.57. The highest BCUT2D eigenvalue weighted by molar-refractivity contribution is 7.71. The number of aromatic nitrogens is 2.